The average Bonchev–Trinajstić information content (AvgIpc) is 3.44. The topological polar surface area (TPSA) is 57.7 Å². The first-order valence-electron chi connectivity index (χ1n) is 10.5. The molecule has 0 saturated carbocycles. The molecule has 0 aliphatic carbocycles. The molecular weight excluding hydrogens is 396 g/mol. The van der Waals surface area contributed by atoms with Gasteiger partial charge in [-0.05, 0) is 36.4 Å². The maximum Gasteiger partial charge on any atom is 0.235 e. The van der Waals surface area contributed by atoms with Gasteiger partial charge in [0.1, 0.15) is 6.04 Å². The lowest BCUT2D eigenvalue weighted by Gasteiger charge is -2.37. The van der Waals surface area contributed by atoms with Gasteiger partial charge in [0.25, 0.3) is 0 Å². The van der Waals surface area contributed by atoms with Gasteiger partial charge in [0.15, 0.2) is 5.78 Å². The summed E-state index contributed by atoms with van der Waals surface area (Å²) in [5, 5.41) is 1.88. The third kappa shape index (κ3) is 2.63. The van der Waals surface area contributed by atoms with E-state index in [0.717, 1.165) is 29.7 Å². The standard InChI is InChI=1S/C24H24N2O3S/c1-3-4-11-25-23(28)19-17-13-14(2)15-8-5-6-9-16(15)26(17)21(20(19)24(25)29)22(27)18-10-7-12-30-18/h5-10,12-13,17,19-21H,3-4,11H2,1-2H3/t17-,19-,20-,21+/m1/s1. The molecule has 0 unspecified atom stereocenters. The number of hydrogen-bond donors (Lipinski definition) is 0. The maximum absolute atomic E-state index is 13.6. The van der Waals surface area contributed by atoms with Crippen LogP contribution in [0, 0.1) is 11.8 Å². The molecule has 2 saturated heterocycles. The number of thiophene rings is 1. The molecule has 1 aromatic heterocycles. The second kappa shape index (κ2) is 7.20. The molecule has 4 heterocycles. The van der Waals surface area contributed by atoms with Crippen LogP contribution in [0.1, 0.15) is 41.9 Å². The van der Waals surface area contributed by atoms with E-state index < -0.39 is 17.9 Å². The molecule has 0 bridgehead atoms. The summed E-state index contributed by atoms with van der Waals surface area (Å²) in [6.07, 6.45) is 3.77. The van der Waals surface area contributed by atoms with E-state index in [0.29, 0.717) is 11.4 Å². The zero-order valence-electron chi connectivity index (χ0n) is 17.1. The Labute approximate surface area is 180 Å². The SMILES string of the molecule is CCCCN1C(=O)[C@@H]2[C@H](C1=O)[C@H]1C=C(C)c3ccccc3N1[C@@H]2C(=O)c1cccs1. The molecule has 5 nitrogen and oxygen atoms in total. The predicted octanol–water partition coefficient (Wildman–Crippen LogP) is 4.01. The summed E-state index contributed by atoms with van der Waals surface area (Å²) in [5.41, 5.74) is 3.08. The lowest BCUT2D eigenvalue weighted by atomic mass is 9.86. The van der Waals surface area contributed by atoms with Crippen molar-refractivity contribution in [1.29, 1.82) is 0 Å². The van der Waals surface area contributed by atoms with E-state index in [9.17, 15) is 14.4 Å². The molecule has 2 aromatic rings. The van der Waals surface area contributed by atoms with Crippen molar-refractivity contribution < 1.29 is 14.4 Å². The number of hydrogen-bond acceptors (Lipinski definition) is 5. The lowest BCUT2D eigenvalue weighted by Crippen LogP contribution is -2.49. The Kier molecular flexibility index (Phi) is 4.62. The summed E-state index contributed by atoms with van der Waals surface area (Å²) in [4.78, 5) is 44.5. The van der Waals surface area contributed by atoms with Gasteiger partial charge in [0.05, 0.1) is 22.8 Å². The van der Waals surface area contributed by atoms with Crippen LogP contribution in [0.15, 0.2) is 47.9 Å². The van der Waals surface area contributed by atoms with Crippen molar-refractivity contribution in [2.45, 2.75) is 38.8 Å². The minimum Gasteiger partial charge on any atom is -0.352 e. The zero-order valence-corrected chi connectivity index (χ0v) is 17.9. The van der Waals surface area contributed by atoms with E-state index in [2.05, 4.69) is 6.08 Å². The molecule has 3 aliphatic heterocycles. The van der Waals surface area contributed by atoms with Crippen LogP contribution in [0.3, 0.4) is 0 Å². The maximum atomic E-state index is 13.6. The van der Waals surface area contributed by atoms with E-state index in [4.69, 9.17) is 0 Å². The van der Waals surface area contributed by atoms with E-state index in [1.54, 1.807) is 0 Å². The van der Waals surface area contributed by atoms with Crippen LogP contribution < -0.4 is 4.90 Å². The molecule has 4 atom stereocenters. The summed E-state index contributed by atoms with van der Waals surface area (Å²) in [6, 6.07) is 10.7. The lowest BCUT2D eigenvalue weighted by molar-refractivity contribution is -0.140. The fraction of sp³-hybridized carbons (Fsp3) is 0.375. The van der Waals surface area contributed by atoms with Gasteiger partial charge < -0.3 is 4.90 Å². The number of imide groups is 1. The number of para-hydroxylation sites is 1. The number of nitrogens with zero attached hydrogens (tertiary/aromatic N) is 2. The van der Waals surface area contributed by atoms with Crippen LogP contribution in [-0.4, -0.2) is 41.1 Å². The highest BCUT2D eigenvalue weighted by Crippen LogP contribution is 2.50. The van der Waals surface area contributed by atoms with E-state index in [1.807, 2.05) is 60.5 Å². The molecule has 154 valence electrons. The van der Waals surface area contributed by atoms with Crippen LogP contribution in [0.4, 0.5) is 5.69 Å². The van der Waals surface area contributed by atoms with Crippen molar-refractivity contribution in [3.63, 3.8) is 0 Å². The van der Waals surface area contributed by atoms with E-state index in [-0.39, 0.29) is 23.6 Å². The third-order valence-corrected chi connectivity index (χ3v) is 7.50. The number of rotatable bonds is 5. The van der Waals surface area contributed by atoms with Crippen molar-refractivity contribution in [3.8, 4) is 0 Å². The van der Waals surface area contributed by atoms with Gasteiger partial charge in [0.2, 0.25) is 11.8 Å². The van der Waals surface area contributed by atoms with Gasteiger partial charge in [-0.2, -0.15) is 0 Å². The Morgan fingerprint density at radius 1 is 1.07 bits per heavy atom. The van der Waals surface area contributed by atoms with Crippen LogP contribution >= 0.6 is 11.3 Å². The minimum absolute atomic E-state index is 0.0660. The van der Waals surface area contributed by atoms with E-state index >= 15 is 0 Å². The van der Waals surface area contributed by atoms with Crippen LogP contribution in [0.5, 0.6) is 0 Å². The Balaban J connectivity index is 1.65. The van der Waals surface area contributed by atoms with Gasteiger partial charge in [-0.1, -0.05) is 43.7 Å². The predicted molar refractivity (Wildman–Crippen MR) is 117 cm³/mol. The van der Waals surface area contributed by atoms with Crippen molar-refractivity contribution in [2.75, 3.05) is 11.4 Å². The Bertz CT molecular complexity index is 1060. The smallest absolute Gasteiger partial charge is 0.235 e. The molecule has 1 aromatic carbocycles. The Morgan fingerprint density at radius 3 is 2.57 bits per heavy atom. The first kappa shape index (κ1) is 19.2. The summed E-state index contributed by atoms with van der Waals surface area (Å²) >= 11 is 1.39. The van der Waals surface area contributed by atoms with E-state index in [1.165, 1.54) is 16.2 Å². The Hall–Kier alpha value is -2.73. The summed E-state index contributed by atoms with van der Waals surface area (Å²) in [7, 11) is 0. The summed E-state index contributed by atoms with van der Waals surface area (Å²) in [5.74, 6) is -1.52. The number of likely N-dealkylation sites (tertiary alicyclic amines) is 1. The third-order valence-electron chi connectivity index (χ3n) is 6.61. The molecule has 0 spiro atoms. The highest BCUT2D eigenvalue weighted by atomic mass is 32.1. The summed E-state index contributed by atoms with van der Waals surface area (Å²) < 4.78 is 0. The van der Waals surface area contributed by atoms with Crippen molar-refractivity contribution in [1.82, 2.24) is 4.90 Å². The first-order valence-corrected chi connectivity index (χ1v) is 11.4. The van der Waals surface area contributed by atoms with Crippen LogP contribution in [-0.2, 0) is 9.59 Å². The minimum atomic E-state index is -0.660. The van der Waals surface area contributed by atoms with Gasteiger partial charge >= 0.3 is 0 Å². The normalized spacial score (nSPS) is 27.1. The second-order valence-corrected chi connectivity index (χ2v) is 9.23. The van der Waals surface area contributed by atoms with Gasteiger partial charge in [0, 0.05) is 17.8 Å². The van der Waals surface area contributed by atoms with Crippen molar-refractivity contribution >= 4 is 40.2 Å². The quantitative estimate of drug-likeness (QED) is 0.542. The molecule has 0 radical (unpaired) electrons. The number of carbonyl (C=O) groups is 3. The number of anilines is 1. The fourth-order valence-corrected chi connectivity index (χ4v) is 5.96. The average molecular weight is 421 g/mol. The Morgan fingerprint density at radius 2 is 1.83 bits per heavy atom. The van der Waals surface area contributed by atoms with Crippen molar-refractivity contribution in [3.05, 3.63) is 58.3 Å². The largest absolute Gasteiger partial charge is 0.352 e. The zero-order chi connectivity index (χ0) is 21.0. The monoisotopic (exact) mass is 420 g/mol. The molecule has 3 aliphatic rings. The second-order valence-electron chi connectivity index (χ2n) is 8.28. The molecule has 2 fully saturated rings. The number of carbonyl (C=O) groups excluding carboxylic acids is 3. The number of ketones is 1. The van der Waals surface area contributed by atoms with Crippen molar-refractivity contribution in [2.24, 2.45) is 11.8 Å². The van der Waals surface area contributed by atoms with Gasteiger partial charge in [-0.15, -0.1) is 11.3 Å². The highest BCUT2D eigenvalue weighted by molar-refractivity contribution is 7.12. The fourth-order valence-electron chi connectivity index (χ4n) is 5.26. The van der Waals surface area contributed by atoms with Crippen LogP contribution in [0.25, 0.3) is 5.57 Å². The number of allylic oxidation sites excluding steroid dienone is 1. The number of Topliss-reactive ketones (excluding diaryl/α,β-unsaturated/α-hetero) is 1. The number of amides is 2. The molecule has 0 N–H and O–H groups in total. The van der Waals surface area contributed by atoms with Gasteiger partial charge in [-0.3, -0.25) is 19.3 Å². The molecule has 5 rings (SSSR count). The number of benzene rings is 1. The molecule has 6 heteroatoms. The highest BCUT2D eigenvalue weighted by Gasteiger charge is 2.64. The number of fused-ring (bicyclic) bond motifs is 5. The molecule has 2 amide bonds. The van der Waals surface area contributed by atoms with Gasteiger partial charge in [-0.25, -0.2) is 0 Å². The van der Waals surface area contributed by atoms with Crippen LogP contribution in [0.2, 0.25) is 0 Å². The summed E-state index contributed by atoms with van der Waals surface area (Å²) in [6.45, 7) is 4.52. The molecule has 30 heavy (non-hydrogen) atoms. The number of unbranched alkanes of at least 4 members (excludes halogenated alkanes) is 1. The first-order chi connectivity index (χ1) is 14.5. The molecular formula is C24H24N2O3S.